The van der Waals surface area contributed by atoms with Crippen molar-refractivity contribution in [2.75, 3.05) is 17.7 Å². The second-order valence-corrected chi connectivity index (χ2v) is 8.74. The summed E-state index contributed by atoms with van der Waals surface area (Å²) >= 11 is 7.09. The molecule has 156 valence electrons. The highest BCUT2D eigenvalue weighted by Gasteiger charge is 2.25. The van der Waals surface area contributed by atoms with Crippen molar-refractivity contribution in [1.82, 2.24) is 9.78 Å². The molecule has 1 aliphatic carbocycles. The lowest BCUT2D eigenvalue weighted by molar-refractivity contribution is 0.0601. The molecule has 0 atom stereocenters. The van der Waals surface area contributed by atoms with Crippen LogP contribution in [0.25, 0.3) is 0 Å². The van der Waals surface area contributed by atoms with Gasteiger partial charge in [0, 0.05) is 17.1 Å². The highest BCUT2D eigenvalue weighted by Crippen LogP contribution is 2.38. The first kappa shape index (κ1) is 20.6. The molecule has 0 bridgehead atoms. The van der Waals surface area contributed by atoms with E-state index in [0.717, 1.165) is 36.2 Å². The number of thiophene rings is 1. The van der Waals surface area contributed by atoms with Gasteiger partial charge in [-0.3, -0.25) is 4.68 Å². The lowest BCUT2D eigenvalue weighted by atomic mass is 10.1. The number of nitrogens with one attached hydrogen (secondary N) is 2. The molecular formula is C22H24N4O2S2. The largest absolute Gasteiger partial charge is 0.465 e. The minimum absolute atomic E-state index is 0.313. The molecule has 0 saturated heterocycles. The van der Waals surface area contributed by atoms with Crippen LogP contribution < -0.4 is 10.6 Å². The zero-order chi connectivity index (χ0) is 20.9. The van der Waals surface area contributed by atoms with Crippen molar-refractivity contribution in [1.29, 1.82) is 0 Å². The molecule has 8 heteroatoms. The first-order valence-electron chi connectivity index (χ1n) is 10.0. The molecule has 1 aliphatic rings. The van der Waals surface area contributed by atoms with Gasteiger partial charge in [-0.2, -0.15) is 5.10 Å². The summed E-state index contributed by atoms with van der Waals surface area (Å²) in [6, 6.07) is 12.0. The number of nitrogens with zero attached hydrogens (tertiary/aromatic N) is 2. The van der Waals surface area contributed by atoms with Crippen molar-refractivity contribution in [2.45, 2.75) is 38.6 Å². The van der Waals surface area contributed by atoms with Gasteiger partial charge in [-0.25, -0.2) is 4.79 Å². The van der Waals surface area contributed by atoms with Crippen molar-refractivity contribution in [3.8, 4) is 0 Å². The maximum Gasteiger partial charge on any atom is 0.341 e. The number of esters is 1. The molecule has 0 amide bonds. The van der Waals surface area contributed by atoms with E-state index in [9.17, 15) is 4.79 Å². The molecule has 0 aliphatic heterocycles. The van der Waals surface area contributed by atoms with Crippen LogP contribution in [0, 0.1) is 0 Å². The number of thiocarbonyl (C=S) groups is 1. The molecular weight excluding hydrogens is 416 g/mol. The van der Waals surface area contributed by atoms with Gasteiger partial charge in [0.15, 0.2) is 10.9 Å². The van der Waals surface area contributed by atoms with E-state index in [0.29, 0.717) is 23.0 Å². The van der Waals surface area contributed by atoms with Crippen LogP contribution in [0.15, 0.2) is 42.6 Å². The summed E-state index contributed by atoms with van der Waals surface area (Å²) in [5.41, 5.74) is 2.91. The number of carbonyl (C=O) groups is 1. The number of carbonyl (C=O) groups excluding carboxylic acids is 1. The molecule has 6 nitrogen and oxygen atoms in total. The Bertz CT molecular complexity index is 1040. The lowest BCUT2D eigenvalue weighted by Gasteiger charge is -2.10. The van der Waals surface area contributed by atoms with Gasteiger partial charge in [0.05, 0.1) is 19.2 Å². The highest BCUT2D eigenvalue weighted by atomic mass is 32.1. The Morgan fingerprint density at radius 3 is 2.77 bits per heavy atom. The van der Waals surface area contributed by atoms with Gasteiger partial charge in [0.25, 0.3) is 0 Å². The quantitative estimate of drug-likeness (QED) is 0.336. The summed E-state index contributed by atoms with van der Waals surface area (Å²) in [6.45, 7) is 0.687. The molecule has 0 saturated carbocycles. The lowest BCUT2D eigenvalue weighted by Crippen LogP contribution is -2.20. The van der Waals surface area contributed by atoms with E-state index in [1.807, 2.05) is 35.1 Å². The zero-order valence-electron chi connectivity index (χ0n) is 16.8. The average molecular weight is 441 g/mol. The molecule has 0 spiro atoms. The van der Waals surface area contributed by atoms with Crippen molar-refractivity contribution in [3.63, 3.8) is 0 Å². The Morgan fingerprint density at radius 2 is 1.97 bits per heavy atom. The number of aryl methyl sites for hydroxylation is 1. The first-order valence-corrected chi connectivity index (χ1v) is 11.2. The van der Waals surface area contributed by atoms with E-state index < -0.39 is 0 Å². The molecule has 2 N–H and O–H groups in total. The number of hydrogen-bond donors (Lipinski definition) is 2. The number of aromatic nitrogens is 2. The van der Waals surface area contributed by atoms with Gasteiger partial charge in [-0.15, -0.1) is 11.3 Å². The van der Waals surface area contributed by atoms with Crippen molar-refractivity contribution in [2.24, 2.45) is 0 Å². The van der Waals surface area contributed by atoms with Crippen LogP contribution in [0.1, 0.15) is 45.6 Å². The second-order valence-electron chi connectivity index (χ2n) is 7.22. The molecule has 0 radical (unpaired) electrons. The van der Waals surface area contributed by atoms with Crippen molar-refractivity contribution >= 4 is 45.5 Å². The molecule has 4 rings (SSSR count). The molecule has 2 heterocycles. The fraction of sp³-hybridized carbons (Fsp3) is 0.318. The van der Waals surface area contributed by atoms with Crippen LogP contribution >= 0.6 is 23.6 Å². The average Bonchev–Trinajstić information content (AvgIpc) is 3.24. The Kier molecular flexibility index (Phi) is 6.44. The van der Waals surface area contributed by atoms with E-state index in [4.69, 9.17) is 17.0 Å². The maximum atomic E-state index is 12.5. The van der Waals surface area contributed by atoms with Crippen LogP contribution in [0.5, 0.6) is 0 Å². The molecule has 0 fully saturated rings. The Balaban J connectivity index is 1.46. The van der Waals surface area contributed by atoms with Gasteiger partial charge in [0.2, 0.25) is 0 Å². The summed E-state index contributed by atoms with van der Waals surface area (Å²) in [5, 5.41) is 12.0. The number of methoxy groups -OCH3 is 1. The van der Waals surface area contributed by atoms with Gasteiger partial charge in [-0.1, -0.05) is 36.8 Å². The SMILES string of the molecule is COC(=O)c1c(NC(=S)Nc2ccn(Cc3ccccc3)n2)sc2c1CCCCC2. The third kappa shape index (κ3) is 4.71. The normalized spacial score (nSPS) is 13.2. The predicted octanol–water partition coefficient (Wildman–Crippen LogP) is 4.86. The third-order valence-corrected chi connectivity index (χ3v) is 6.52. The predicted molar refractivity (Wildman–Crippen MR) is 125 cm³/mol. The standard InChI is InChI=1S/C22H24N4O2S2/c1-28-21(27)19-16-10-6-3-7-11-17(16)30-20(19)24-22(29)23-18-12-13-26(25-18)14-15-8-4-2-5-9-15/h2,4-5,8-9,12-13H,3,6-7,10-11,14H2,1H3,(H2,23,24,25,29). The molecule has 1 aromatic carbocycles. The van der Waals surface area contributed by atoms with Crippen LogP contribution in [0.2, 0.25) is 0 Å². The van der Waals surface area contributed by atoms with Crippen molar-refractivity contribution < 1.29 is 9.53 Å². The van der Waals surface area contributed by atoms with Gasteiger partial charge < -0.3 is 15.4 Å². The highest BCUT2D eigenvalue weighted by molar-refractivity contribution is 7.80. The van der Waals surface area contributed by atoms with E-state index in [1.165, 1.54) is 24.0 Å². The number of fused-ring (bicyclic) bond motifs is 1. The van der Waals surface area contributed by atoms with E-state index in [-0.39, 0.29) is 5.97 Å². The Hall–Kier alpha value is -2.71. The molecule has 30 heavy (non-hydrogen) atoms. The molecule has 0 unspecified atom stereocenters. The second kappa shape index (κ2) is 9.40. The summed E-state index contributed by atoms with van der Waals surface area (Å²) in [6.07, 6.45) is 7.24. The number of hydrogen-bond acceptors (Lipinski definition) is 5. The monoisotopic (exact) mass is 440 g/mol. The van der Waals surface area contributed by atoms with Crippen LogP contribution in [0.3, 0.4) is 0 Å². The van der Waals surface area contributed by atoms with Gasteiger partial charge in [-0.05, 0) is 49.0 Å². The number of rotatable bonds is 5. The summed E-state index contributed by atoms with van der Waals surface area (Å²) in [4.78, 5) is 13.7. The van der Waals surface area contributed by atoms with Crippen LogP contribution in [-0.4, -0.2) is 28.0 Å². The minimum atomic E-state index is -0.313. The summed E-state index contributed by atoms with van der Waals surface area (Å²) < 4.78 is 6.90. The number of benzene rings is 1. The van der Waals surface area contributed by atoms with Crippen molar-refractivity contribution in [3.05, 3.63) is 64.2 Å². The Labute approximate surface area is 185 Å². The number of ether oxygens (including phenoxy) is 1. The molecule has 2 aromatic heterocycles. The van der Waals surface area contributed by atoms with Crippen LogP contribution in [0.4, 0.5) is 10.8 Å². The Morgan fingerprint density at radius 1 is 1.17 bits per heavy atom. The third-order valence-electron chi connectivity index (χ3n) is 5.11. The zero-order valence-corrected chi connectivity index (χ0v) is 18.4. The topological polar surface area (TPSA) is 68.2 Å². The fourth-order valence-electron chi connectivity index (χ4n) is 3.69. The number of anilines is 2. The minimum Gasteiger partial charge on any atom is -0.465 e. The summed E-state index contributed by atoms with van der Waals surface area (Å²) in [5.74, 6) is 0.341. The maximum absolute atomic E-state index is 12.5. The smallest absolute Gasteiger partial charge is 0.341 e. The molecule has 3 aromatic rings. The van der Waals surface area contributed by atoms with E-state index in [1.54, 1.807) is 11.3 Å². The van der Waals surface area contributed by atoms with E-state index in [2.05, 4.69) is 27.9 Å². The fourth-order valence-corrected chi connectivity index (χ4v) is 5.24. The summed E-state index contributed by atoms with van der Waals surface area (Å²) in [7, 11) is 1.42. The van der Waals surface area contributed by atoms with Gasteiger partial charge >= 0.3 is 5.97 Å². The van der Waals surface area contributed by atoms with E-state index >= 15 is 0 Å². The first-order chi connectivity index (χ1) is 14.6. The van der Waals surface area contributed by atoms with Crippen LogP contribution in [-0.2, 0) is 24.1 Å². The van der Waals surface area contributed by atoms with Gasteiger partial charge in [0.1, 0.15) is 5.00 Å².